The topological polar surface area (TPSA) is 21.7 Å². The highest BCUT2D eigenvalue weighted by molar-refractivity contribution is 5.85. The zero-order valence-electron chi connectivity index (χ0n) is 12.8. The quantitative estimate of drug-likeness (QED) is 0.826. The summed E-state index contributed by atoms with van der Waals surface area (Å²) >= 11 is 0. The highest BCUT2D eigenvalue weighted by Crippen LogP contribution is 2.33. The third-order valence-corrected chi connectivity index (χ3v) is 4.57. The van der Waals surface area contributed by atoms with Gasteiger partial charge >= 0.3 is 0 Å². The number of ether oxygens (including phenoxy) is 2. The second kappa shape index (κ2) is 7.90. The summed E-state index contributed by atoms with van der Waals surface area (Å²) < 4.78 is 10.8. The first-order chi connectivity index (χ1) is 9.83. The maximum Gasteiger partial charge on any atom is 0.231 e. The molecule has 0 atom stereocenters. The van der Waals surface area contributed by atoms with Crippen molar-refractivity contribution in [3.8, 4) is 11.5 Å². The van der Waals surface area contributed by atoms with Crippen LogP contribution in [0.1, 0.15) is 50.5 Å². The number of nitrogens with zero attached hydrogens (tertiary/aromatic N) is 1. The van der Waals surface area contributed by atoms with E-state index < -0.39 is 0 Å². The van der Waals surface area contributed by atoms with Gasteiger partial charge in [-0.3, -0.25) is 4.90 Å². The Morgan fingerprint density at radius 3 is 2.43 bits per heavy atom. The van der Waals surface area contributed by atoms with Crippen LogP contribution in [-0.4, -0.2) is 24.8 Å². The van der Waals surface area contributed by atoms with Gasteiger partial charge < -0.3 is 9.47 Å². The maximum absolute atomic E-state index is 5.46. The molecule has 1 aromatic rings. The van der Waals surface area contributed by atoms with Crippen molar-refractivity contribution >= 4 is 12.4 Å². The van der Waals surface area contributed by atoms with Crippen molar-refractivity contribution in [2.75, 3.05) is 13.8 Å². The molecule has 2 aliphatic rings. The minimum atomic E-state index is 0. The lowest BCUT2D eigenvalue weighted by atomic mass is 9.95. The normalized spacial score (nSPS) is 19.0. The Hall–Kier alpha value is -0.930. The Morgan fingerprint density at radius 1 is 1.00 bits per heavy atom. The molecule has 0 aromatic heterocycles. The van der Waals surface area contributed by atoms with Crippen molar-refractivity contribution in [3.05, 3.63) is 23.8 Å². The lowest BCUT2D eigenvalue weighted by Crippen LogP contribution is -2.31. The molecule has 0 bridgehead atoms. The van der Waals surface area contributed by atoms with Crippen molar-refractivity contribution < 1.29 is 9.47 Å². The number of benzene rings is 1. The minimum Gasteiger partial charge on any atom is -0.454 e. The largest absolute Gasteiger partial charge is 0.454 e. The number of hydrogen-bond acceptors (Lipinski definition) is 3. The third-order valence-electron chi connectivity index (χ3n) is 4.57. The Bertz CT molecular complexity index is 444. The number of fused-ring (bicyclic) bond motifs is 1. The van der Waals surface area contributed by atoms with Crippen LogP contribution in [0.3, 0.4) is 0 Å². The van der Waals surface area contributed by atoms with Gasteiger partial charge in [0.1, 0.15) is 0 Å². The summed E-state index contributed by atoms with van der Waals surface area (Å²) in [6.45, 7) is 1.36. The molecule has 0 unspecified atom stereocenters. The Balaban J connectivity index is 0.00000161. The molecular formula is C17H26ClNO2. The molecule has 118 valence electrons. The van der Waals surface area contributed by atoms with Gasteiger partial charge in [0.25, 0.3) is 0 Å². The van der Waals surface area contributed by atoms with Gasteiger partial charge in [-0.05, 0) is 37.6 Å². The van der Waals surface area contributed by atoms with Crippen LogP contribution in [-0.2, 0) is 6.54 Å². The molecule has 3 rings (SSSR count). The Morgan fingerprint density at radius 2 is 1.67 bits per heavy atom. The van der Waals surface area contributed by atoms with Gasteiger partial charge in [-0.25, -0.2) is 0 Å². The molecule has 1 saturated carbocycles. The summed E-state index contributed by atoms with van der Waals surface area (Å²) in [5.74, 6) is 1.77. The molecule has 1 fully saturated rings. The van der Waals surface area contributed by atoms with Gasteiger partial charge in [-0.2, -0.15) is 0 Å². The van der Waals surface area contributed by atoms with Gasteiger partial charge in [0, 0.05) is 12.6 Å². The van der Waals surface area contributed by atoms with Crippen molar-refractivity contribution in [1.82, 2.24) is 4.90 Å². The lowest BCUT2D eigenvalue weighted by Gasteiger charge is -2.29. The predicted octanol–water partition coefficient (Wildman–Crippen LogP) is 4.38. The van der Waals surface area contributed by atoms with Crippen molar-refractivity contribution in [2.24, 2.45) is 0 Å². The van der Waals surface area contributed by atoms with E-state index in [1.807, 2.05) is 6.07 Å². The van der Waals surface area contributed by atoms with Crippen LogP contribution in [0.15, 0.2) is 18.2 Å². The SMILES string of the molecule is CN(Cc1ccc2c(c1)OCO2)C1CCCCCCC1.Cl. The fourth-order valence-electron chi connectivity index (χ4n) is 3.33. The van der Waals surface area contributed by atoms with Gasteiger partial charge in [-0.15, -0.1) is 12.4 Å². The van der Waals surface area contributed by atoms with Crippen LogP contribution in [0.2, 0.25) is 0 Å². The van der Waals surface area contributed by atoms with E-state index in [9.17, 15) is 0 Å². The van der Waals surface area contributed by atoms with Crippen LogP contribution in [0.25, 0.3) is 0 Å². The van der Waals surface area contributed by atoms with E-state index in [1.54, 1.807) is 0 Å². The number of rotatable bonds is 3. The van der Waals surface area contributed by atoms with Crippen LogP contribution in [0.4, 0.5) is 0 Å². The van der Waals surface area contributed by atoms with Gasteiger partial charge in [0.2, 0.25) is 6.79 Å². The highest BCUT2D eigenvalue weighted by Gasteiger charge is 2.18. The summed E-state index contributed by atoms with van der Waals surface area (Å²) in [6, 6.07) is 7.05. The molecule has 0 radical (unpaired) electrons. The zero-order valence-corrected chi connectivity index (χ0v) is 13.7. The molecule has 3 nitrogen and oxygen atoms in total. The van der Waals surface area contributed by atoms with Gasteiger partial charge in [0.15, 0.2) is 11.5 Å². The summed E-state index contributed by atoms with van der Waals surface area (Å²) in [4.78, 5) is 2.52. The first-order valence-corrected chi connectivity index (χ1v) is 7.92. The van der Waals surface area contributed by atoms with E-state index in [0.717, 1.165) is 24.1 Å². The third kappa shape index (κ3) is 4.27. The van der Waals surface area contributed by atoms with E-state index >= 15 is 0 Å². The van der Waals surface area contributed by atoms with Gasteiger partial charge in [-0.1, -0.05) is 38.2 Å². The molecule has 1 heterocycles. The fourth-order valence-corrected chi connectivity index (χ4v) is 3.33. The average molecular weight is 312 g/mol. The standard InChI is InChI=1S/C17H25NO2.ClH/c1-18(15-7-5-3-2-4-6-8-15)12-14-9-10-16-17(11-14)20-13-19-16;/h9-11,15H,2-8,12-13H2,1H3;1H. The van der Waals surface area contributed by atoms with Crippen LogP contribution >= 0.6 is 12.4 Å². The molecule has 21 heavy (non-hydrogen) atoms. The monoisotopic (exact) mass is 311 g/mol. The molecule has 1 aromatic carbocycles. The van der Waals surface area contributed by atoms with E-state index in [0.29, 0.717) is 6.79 Å². The predicted molar refractivity (Wildman–Crippen MR) is 87.4 cm³/mol. The molecule has 1 aliphatic heterocycles. The van der Waals surface area contributed by atoms with E-state index in [2.05, 4.69) is 24.1 Å². The van der Waals surface area contributed by atoms with Crippen LogP contribution in [0, 0.1) is 0 Å². The fraction of sp³-hybridized carbons (Fsp3) is 0.647. The van der Waals surface area contributed by atoms with E-state index in [1.165, 1.54) is 50.5 Å². The number of halogens is 1. The first-order valence-electron chi connectivity index (χ1n) is 7.92. The zero-order chi connectivity index (χ0) is 13.8. The van der Waals surface area contributed by atoms with Crippen molar-refractivity contribution in [1.29, 1.82) is 0 Å². The Kier molecular flexibility index (Phi) is 6.19. The molecule has 4 heteroatoms. The molecule has 1 aliphatic carbocycles. The lowest BCUT2D eigenvalue weighted by molar-refractivity contribution is 0.173. The summed E-state index contributed by atoms with van der Waals surface area (Å²) in [7, 11) is 2.26. The molecular weight excluding hydrogens is 286 g/mol. The van der Waals surface area contributed by atoms with E-state index in [-0.39, 0.29) is 12.4 Å². The van der Waals surface area contributed by atoms with Crippen LogP contribution < -0.4 is 9.47 Å². The van der Waals surface area contributed by atoms with E-state index in [4.69, 9.17) is 9.47 Å². The van der Waals surface area contributed by atoms with Gasteiger partial charge in [0.05, 0.1) is 0 Å². The first kappa shape index (κ1) is 16.4. The van der Waals surface area contributed by atoms with Crippen molar-refractivity contribution in [2.45, 2.75) is 57.5 Å². The second-order valence-electron chi connectivity index (χ2n) is 6.10. The maximum atomic E-state index is 5.46. The molecule has 0 saturated heterocycles. The average Bonchev–Trinajstić information content (AvgIpc) is 2.85. The highest BCUT2D eigenvalue weighted by atomic mass is 35.5. The summed E-state index contributed by atoms with van der Waals surface area (Å²) in [5, 5.41) is 0. The summed E-state index contributed by atoms with van der Waals surface area (Å²) in [6.07, 6.45) is 9.72. The number of hydrogen-bond donors (Lipinski definition) is 0. The van der Waals surface area contributed by atoms with Crippen molar-refractivity contribution in [3.63, 3.8) is 0 Å². The summed E-state index contributed by atoms with van der Waals surface area (Å²) in [5.41, 5.74) is 1.32. The minimum absolute atomic E-state index is 0. The second-order valence-corrected chi connectivity index (χ2v) is 6.10. The molecule has 0 N–H and O–H groups in total. The molecule has 0 amide bonds. The Labute approximate surface area is 134 Å². The smallest absolute Gasteiger partial charge is 0.231 e. The molecule has 0 spiro atoms. The van der Waals surface area contributed by atoms with Crippen LogP contribution in [0.5, 0.6) is 11.5 Å².